The largest absolute Gasteiger partial charge is 0.383 e. The number of anilines is 1. The van der Waals surface area contributed by atoms with Crippen molar-refractivity contribution in [3.05, 3.63) is 24.0 Å². The molecule has 0 N–H and O–H groups in total. The first-order chi connectivity index (χ1) is 7.19. The summed E-state index contributed by atoms with van der Waals surface area (Å²) in [6, 6.07) is 5.94. The first kappa shape index (κ1) is 11.5. The third-order valence-electron chi connectivity index (χ3n) is 2.33. The second kappa shape index (κ2) is 5.32. The highest BCUT2D eigenvalue weighted by Gasteiger charge is 2.09. The number of nitriles is 1. The Kier molecular flexibility index (Phi) is 4.07. The summed E-state index contributed by atoms with van der Waals surface area (Å²) in [6.45, 7) is 2.72. The van der Waals surface area contributed by atoms with Gasteiger partial charge in [0.1, 0.15) is 11.8 Å². The van der Waals surface area contributed by atoms with Crippen LogP contribution in [0.1, 0.15) is 12.6 Å². The van der Waals surface area contributed by atoms with Crippen LogP contribution < -0.4 is 4.90 Å². The van der Waals surface area contributed by atoms with Crippen LogP contribution in [0.2, 0.25) is 0 Å². The summed E-state index contributed by atoms with van der Waals surface area (Å²) in [4.78, 5) is 5.99. The summed E-state index contributed by atoms with van der Waals surface area (Å²) in [7, 11) is 3.65. The van der Waals surface area contributed by atoms with Crippen molar-refractivity contribution in [1.82, 2.24) is 4.98 Å². The van der Waals surface area contributed by atoms with Gasteiger partial charge in [0.15, 0.2) is 0 Å². The molecule has 0 radical (unpaired) electrons. The maximum atomic E-state index is 8.73. The van der Waals surface area contributed by atoms with Crippen LogP contribution in [0.25, 0.3) is 0 Å². The van der Waals surface area contributed by atoms with Gasteiger partial charge in [-0.1, -0.05) is 0 Å². The Morgan fingerprint density at radius 1 is 1.67 bits per heavy atom. The van der Waals surface area contributed by atoms with Gasteiger partial charge in [0.2, 0.25) is 0 Å². The third-order valence-corrected chi connectivity index (χ3v) is 2.33. The standard InChI is InChI=1S/C11H15N3O/c1-9(8-15-3)14(2)11-4-5-13-10(6-11)7-12/h4-6,9H,8H2,1-3H3. The molecule has 0 fully saturated rings. The molecule has 0 aliphatic rings. The number of hydrogen-bond acceptors (Lipinski definition) is 4. The Hall–Kier alpha value is -1.60. The van der Waals surface area contributed by atoms with Gasteiger partial charge in [-0.05, 0) is 19.1 Å². The van der Waals surface area contributed by atoms with E-state index in [1.807, 2.05) is 19.2 Å². The predicted octanol–water partition coefficient (Wildman–Crippen LogP) is 1.42. The minimum atomic E-state index is 0.268. The van der Waals surface area contributed by atoms with Gasteiger partial charge in [-0.3, -0.25) is 0 Å². The Morgan fingerprint density at radius 2 is 2.40 bits per heavy atom. The summed E-state index contributed by atoms with van der Waals surface area (Å²) in [5.74, 6) is 0. The van der Waals surface area contributed by atoms with E-state index in [1.54, 1.807) is 19.4 Å². The lowest BCUT2D eigenvalue weighted by Crippen LogP contribution is -2.32. The molecule has 1 rings (SSSR count). The predicted molar refractivity (Wildman–Crippen MR) is 58.7 cm³/mol. The summed E-state index contributed by atoms with van der Waals surface area (Å²) in [5, 5.41) is 8.73. The van der Waals surface area contributed by atoms with Gasteiger partial charge in [0.25, 0.3) is 0 Å². The summed E-state index contributed by atoms with van der Waals surface area (Å²) >= 11 is 0. The van der Waals surface area contributed by atoms with Crippen LogP contribution in [0.15, 0.2) is 18.3 Å². The first-order valence-electron chi connectivity index (χ1n) is 4.77. The molecule has 0 bridgehead atoms. The van der Waals surface area contributed by atoms with Crippen LogP contribution in [0, 0.1) is 11.3 Å². The zero-order valence-electron chi connectivity index (χ0n) is 9.27. The molecule has 0 aliphatic carbocycles. The number of aromatic nitrogens is 1. The van der Waals surface area contributed by atoms with Gasteiger partial charge in [0, 0.05) is 32.1 Å². The van der Waals surface area contributed by atoms with Crippen LogP contribution in [-0.2, 0) is 4.74 Å². The zero-order valence-corrected chi connectivity index (χ0v) is 9.27. The molecule has 0 saturated heterocycles. The van der Waals surface area contributed by atoms with Crippen molar-refractivity contribution in [2.24, 2.45) is 0 Å². The number of ether oxygens (including phenoxy) is 1. The molecule has 0 aromatic carbocycles. The summed E-state index contributed by atoms with van der Waals surface area (Å²) < 4.78 is 5.08. The Labute approximate surface area is 90.1 Å². The van der Waals surface area contributed by atoms with Crippen molar-refractivity contribution >= 4 is 5.69 Å². The molecule has 0 aliphatic heterocycles. The van der Waals surface area contributed by atoms with E-state index >= 15 is 0 Å². The lowest BCUT2D eigenvalue weighted by Gasteiger charge is -2.26. The fraction of sp³-hybridized carbons (Fsp3) is 0.455. The fourth-order valence-electron chi connectivity index (χ4n) is 1.31. The van der Waals surface area contributed by atoms with Crippen molar-refractivity contribution in [3.63, 3.8) is 0 Å². The minimum Gasteiger partial charge on any atom is -0.383 e. The van der Waals surface area contributed by atoms with Crippen LogP contribution in [0.4, 0.5) is 5.69 Å². The second-order valence-electron chi connectivity index (χ2n) is 3.43. The van der Waals surface area contributed by atoms with E-state index in [1.165, 1.54) is 0 Å². The molecule has 80 valence electrons. The molecule has 4 nitrogen and oxygen atoms in total. The molecular weight excluding hydrogens is 190 g/mol. The molecule has 1 aromatic rings. The van der Waals surface area contributed by atoms with Gasteiger partial charge < -0.3 is 9.64 Å². The van der Waals surface area contributed by atoms with Crippen LogP contribution in [-0.4, -0.2) is 31.8 Å². The van der Waals surface area contributed by atoms with Crippen molar-refractivity contribution in [2.45, 2.75) is 13.0 Å². The van der Waals surface area contributed by atoms with E-state index in [0.29, 0.717) is 12.3 Å². The van der Waals surface area contributed by atoms with Crippen molar-refractivity contribution in [3.8, 4) is 6.07 Å². The van der Waals surface area contributed by atoms with Gasteiger partial charge in [-0.25, -0.2) is 4.98 Å². The summed E-state index contributed by atoms with van der Waals surface area (Å²) in [6.07, 6.45) is 1.64. The van der Waals surface area contributed by atoms with Gasteiger partial charge in [-0.2, -0.15) is 5.26 Å². The van der Waals surface area contributed by atoms with E-state index in [0.717, 1.165) is 5.69 Å². The molecule has 0 saturated carbocycles. The average Bonchev–Trinajstić information content (AvgIpc) is 2.28. The first-order valence-corrected chi connectivity index (χ1v) is 4.77. The third kappa shape index (κ3) is 2.93. The van der Waals surface area contributed by atoms with Crippen molar-refractivity contribution in [2.75, 3.05) is 25.7 Å². The zero-order chi connectivity index (χ0) is 11.3. The molecule has 15 heavy (non-hydrogen) atoms. The van der Waals surface area contributed by atoms with E-state index in [-0.39, 0.29) is 6.04 Å². The van der Waals surface area contributed by atoms with Crippen LogP contribution >= 0.6 is 0 Å². The monoisotopic (exact) mass is 205 g/mol. The quantitative estimate of drug-likeness (QED) is 0.746. The normalized spacial score (nSPS) is 11.9. The van der Waals surface area contributed by atoms with Gasteiger partial charge >= 0.3 is 0 Å². The number of likely N-dealkylation sites (N-methyl/N-ethyl adjacent to an activating group) is 1. The summed E-state index contributed by atoms with van der Waals surface area (Å²) in [5.41, 5.74) is 1.41. The average molecular weight is 205 g/mol. The smallest absolute Gasteiger partial charge is 0.142 e. The SMILES string of the molecule is COCC(C)N(C)c1ccnc(C#N)c1. The van der Waals surface area contributed by atoms with Gasteiger partial charge in [-0.15, -0.1) is 0 Å². The molecule has 0 spiro atoms. The Morgan fingerprint density at radius 3 is 3.00 bits per heavy atom. The molecule has 1 aromatic heterocycles. The maximum Gasteiger partial charge on any atom is 0.142 e. The Bertz CT molecular complexity index is 359. The number of hydrogen-bond donors (Lipinski definition) is 0. The fourth-order valence-corrected chi connectivity index (χ4v) is 1.31. The van der Waals surface area contributed by atoms with E-state index in [9.17, 15) is 0 Å². The minimum absolute atomic E-state index is 0.268. The molecular formula is C11H15N3O. The highest BCUT2D eigenvalue weighted by Crippen LogP contribution is 2.15. The topological polar surface area (TPSA) is 49.1 Å². The Balaban J connectivity index is 2.82. The van der Waals surface area contributed by atoms with E-state index < -0.39 is 0 Å². The molecule has 1 atom stereocenters. The van der Waals surface area contributed by atoms with Crippen LogP contribution in [0.5, 0.6) is 0 Å². The number of methoxy groups -OCH3 is 1. The molecule has 4 heteroatoms. The van der Waals surface area contributed by atoms with Crippen LogP contribution in [0.3, 0.4) is 0 Å². The van der Waals surface area contributed by atoms with E-state index in [4.69, 9.17) is 10.00 Å². The lowest BCUT2D eigenvalue weighted by molar-refractivity contribution is 0.183. The molecule has 1 heterocycles. The highest BCUT2D eigenvalue weighted by atomic mass is 16.5. The maximum absolute atomic E-state index is 8.73. The lowest BCUT2D eigenvalue weighted by atomic mass is 10.2. The highest BCUT2D eigenvalue weighted by molar-refractivity contribution is 5.48. The molecule has 1 unspecified atom stereocenters. The van der Waals surface area contributed by atoms with Gasteiger partial charge in [0.05, 0.1) is 6.61 Å². The van der Waals surface area contributed by atoms with Crippen molar-refractivity contribution in [1.29, 1.82) is 5.26 Å². The second-order valence-corrected chi connectivity index (χ2v) is 3.43. The molecule has 0 amide bonds. The number of pyridine rings is 1. The number of rotatable bonds is 4. The number of nitrogens with zero attached hydrogens (tertiary/aromatic N) is 3. The van der Waals surface area contributed by atoms with Crippen molar-refractivity contribution < 1.29 is 4.74 Å². The van der Waals surface area contributed by atoms with E-state index in [2.05, 4.69) is 16.8 Å².